The minimum absolute atomic E-state index is 0.0107. The van der Waals surface area contributed by atoms with Gasteiger partial charge in [-0.25, -0.2) is 4.79 Å². The molecule has 1 aromatic carbocycles. The van der Waals surface area contributed by atoms with E-state index in [4.69, 9.17) is 0 Å². The van der Waals surface area contributed by atoms with Crippen molar-refractivity contribution < 1.29 is 14.7 Å². The van der Waals surface area contributed by atoms with E-state index >= 15 is 0 Å². The lowest BCUT2D eigenvalue weighted by molar-refractivity contribution is -0.146. The molecule has 2 atom stereocenters. The standard InChI is InChI=1S/C16H22N2O3/c1-12(10-13-6-4-3-5-7-13)17-15(21)18-9-8-16(2,11-18)14(19)20/h3-7,12H,8-11H2,1-2H3,(H,17,21)(H,19,20). The number of hydrogen-bond donors (Lipinski definition) is 2. The summed E-state index contributed by atoms with van der Waals surface area (Å²) in [5.74, 6) is -0.838. The van der Waals surface area contributed by atoms with Crippen molar-refractivity contribution in [1.29, 1.82) is 0 Å². The quantitative estimate of drug-likeness (QED) is 0.892. The Bertz CT molecular complexity index is 518. The molecule has 0 aromatic heterocycles. The summed E-state index contributed by atoms with van der Waals surface area (Å²) in [6.07, 6.45) is 1.26. The van der Waals surface area contributed by atoms with Gasteiger partial charge in [-0.2, -0.15) is 0 Å². The first-order valence-electron chi connectivity index (χ1n) is 7.23. The fraction of sp³-hybridized carbons (Fsp3) is 0.500. The number of nitrogens with one attached hydrogen (secondary N) is 1. The predicted molar refractivity (Wildman–Crippen MR) is 80.1 cm³/mol. The molecular formula is C16H22N2O3. The molecule has 1 aliphatic heterocycles. The molecule has 2 rings (SSSR count). The number of rotatable bonds is 4. The lowest BCUT2D eigenvalue weighted by Gasteiger charge is -2.23. The van der Waals surface area contributed by atoms with Crippen LogP contribution >= 0.6 is 0 Å². The Hall–Kier alpha value is -2.04. The van der Waals surface area contributed by atoms with Gasteiger partial charge in [-0.05, 0) is 32.3 Å². The number of urea groups is 1. The van der Waals surface area contributed by atoms with Gasteiger partial charge in [0.25, 0.3) is 0 Å². The first kappa shape index (κ1) is 15.4. The van der Waals surface area contributed by atoms with Crippen molar-refractivity contribution >= 4 is 12.0 Å². The lowest BCUT2D eigenvalue weighted by atomic mass is 9.90. The summed E-state index contributed by atoms with van der Waals surface area (Å²) < 4.78 is 0. The van der Waals surface area contributed by atoms with E-state index in [1.807, 2.05) is 37.3 Å². The van der Waals surface area contributed by atoms with Crippen LogP contribution in [0.4, 0.5) is 4.79 Å². The van der Waals surface area contributed by atoms with Gasteiger partial charge in [0, 0.05) is 19.1 Å². The van der Waals surface area contributed by atoms with Crippen molar-refractivity contribution in [3.63, 3.8) is 0 Å². The number of benzene rings is 1. The predicted octanol–water partition coefficient (Wildman–Crippen LogP) is 2.12. The average Bonchev–Trinajstić information content (AvgIpc) is 2.84. The van der Waals surface area contributed by atoms with Crippen LogP contribution in [0, 0.1) is 5.41 Å². The normalized spacial score (nSPS) is 22.9. The molecule has 1 aliphatic rings. The largest absolute Gasteiger partial charge is 0.481 e. The second kappa shape index (κ2) is 6.16. The maximum absolute atomic E-state index is 12.2. The van der Waals surface area contributed by atoms with Crippen LogP contribution in [0.1, 0.15) is 25.8 Å². The molecule has 0 radical (unpaired) electrons. The zero-order valence-corrected chi connectivity index (χ0v) is 12.5. The number of aliphatic carboxylic acids is 1. The SMILES string of the molecule is CC(Cc1ccccc1)NC(=O)N1CCC(C)(C(=O)O)C1. The van der Waals surface area contributed by atoms with Crippen LogP contribution in [0.25, 0.3) is 0 Å². The zero-order valence-electron chi connectivity index (χ0n) is 12.5. The Kier molecular flexibility index (Phi) is 4.50. The summed E-state index contributed by atoms with van der Waals surface area (Å²) in [4.78, 5) is 25.0. The number of carboxylic acids is 1. The third kappa shape index (κ3) is 3.74. The minimum atomic E-state index is -0.838. The van der Waals surface area contributed by atoms with Crippen molar-refractivity contribution in [2.45, 2.75) is 32.7 Å². The maximum atomic E-state index is 12.2. The van der Waals surface area contributed by atoms with E-state index in [1.165, 1.54) is 5.56 Å². The van der Waals surface area contributed by atoms with Gasteiger partial charge in [-0.3, -0.25) is 4.79 Å². The van der Waals surface area contributed by atoms with E-state index in [1.54, 1.807) is 11.8 Å². The Labute approximate surface area is 125 Å². The summed E-state index contributed by atoms with van der Waals surface area (Å²) in [5.41, 5.74) is 0.349. The summed E-state index contributed by atoms with van der Waals surface area (Å²) in [5, 5.41) is 12.1. The molecule has 1 fully saturated rings. The Morgan fingerprint density at radius 1 is 1.38 bits per heavy atom. The third-order valence-electron chi connectivity index (χ3n) is 4.03. The first-order chi connectivity index (χ1) is 9.90. The number of carbonyl (C=O) groups excluding carboxylic acids is 1. The highest BCUT2D eigenvalue weighted by Crippen LogP contribution is 2.30. The number of carboxylic acid groups (broad SMARTS) is 1. The molecule has 0 spiro atoms. The van der Waals surface area contributed by atoms with Crippen LogP contribution in [0.2, 0.25) is 0 Å². The lowest BCUT2D eigenvalue weighted by Crippen LogP contribution is -2.44. The van der Waals surface area contributed by atoms with Crippen LogP contribution in [-0.4, -0.2) is 41.1 Å². The zero-order chi connectivity index (χ0) is 15.5. The van der Waals surface area contributed by atoms with Crippen molar-refractivity contribution in [2.24, 2.45) is 5.41 Å². The van der Waals surface area contributed by atoms with Crippen LogP contribution in [0.15, 0.2) is 30.3 Å². The number of likely N-dealkylation sites (tertiary alicyclic amines) is 1. The molecule has 21 heavy (non-hydrogen) atoms. The van der Waals surface area contributed by atoms with Gasteiger partial charge in [0.05, 0.1) is 5.41 Å². The Morgan fingerprint density at radius 3 is 2.62 bits per heavy atom. The van der Waals surface area contributed by atoms with Crippen molar-refractivity contribution in [1.82, 2.24) is 10.2 Å². The Balaban J connectivity index is 1.86. The molecule has 1 heterocycles. The van der Waals surface area contributed by atoms with Crippen LogP contribution in [0.3, 0.4) is 0 Å². The minimum Gasteiger partial charge on any atom is -0.481 e. The summed E-state index contributed by atoms with van der Waals surface area (Å²) in [6, 6.07) is 9.80. The smallest absolute Gasteiger partial charge is 0.317 e. The molecule has 5 heteroatoms. The van der Waals surface area contributed by atoms with Gasteiger partial charge in [0.1, 0.15) is 0 Å². The third-order valence-corrected chi connectivity index (χ3v) is 4.03. The van der Waals surface area contributed by atoms with Gasteiger partial charge in [0.15, 0.2) is 0 Å². The topological polar surface area (TPSA) is 69.6 Å². The van der Waals surface area contributed by atoms with Gasteiger partial charge < -0.3 is 15.3 Å². The fourth-order valence-corrected chi connectivity index (χ4v) is 2.63. The van der Waals surface area contributed by atoms with E-state index in [2.05, 4.69) is 5.32 Å². The van der Waals surface area contributed by atoms with E-state index in [-0.39, 0.29) is 18.6 Å². The van der Waals surface area contributed by atoms with E-state index in [0.717, 1.165) is 6.42 Å². The van der Waals surface area contributed by atoms with Crippen LogP contribution in [-0.2, 0) is 11.2 Å². The highest BCUT2D eigenvalue weighted by molar-refractivity contribution is 5.79. The Morgan fingerprint density at radius 2 is 2.05 bits per heavy atom. The number of hydrogen-bond acceptors (Lipinski definition) is 2. The molecule has 0 aliphatic carbocycles. The number of amides is 2. The molecule has 1 aromatic rings. The van der Waals surface area contributed by atoms with E-state index < -0.39 is 11.4 Å². The molecule has 114 valence electrons. The van der Waals surface area contributed by atoms with E-state index in [0.29, 0.717) is 13.0 Å². The summed E-state index contributed by atoms with van der Waals surface area (Å²) in [6.45, 7) is 4.41. The number of nitrogens with zero attached hydrogens (tertiary/aromatic N) is 1. The maximum Gasteiger partial charge on any atom is 0.317 e. The van der Waals surface area contributed by atoms with E-state index in [9.17, 15) is 14.7 Å². The molecule has 0 bridgehead atoms. The summed E-state index contributed by atoms with van der Waals surface area (Å²) in [7, 11) is 0. The van der Waals surface area contributed by atoms with Crippen LogP contribution in [0.5, 0.6) is 0 Å². The molecule has 2 unspecified atom stereocenters. The number of carbonyl (C=O) groups is 2. The molecule has 2 N–H and O–H groups in total. The second-order valence-corrected chi connectivity index (χ2v) is 6.08. The van der Waals surface area contributed by atoms with Gasteiger partial charge in [0.2, 0.25) is 0 Å². The molecule has 5 nitrogen and oxygen atoms in total. The molecular weight excluding hydrogens is 268 g/mol. The van der Waals surface area contributed by atoms with Crippen molar-refractivity contribution in [3.05, 3.63) is 35.9 Å². The highest BCUT2D eigenvalue weighted by Gasteiger charge is 2.42. The second-order valence-electron chi connectivity index (χ2n) is 6.08. The monoisotopic (exact) mass is 290 g/mol. The van der Waals surface area contributed by atoms with Gasteiger partial charge in [-0.15, -0.1) is 0 Å². The van der Waals surface area contributed by atoms with Crippen molar-refractivity contribution in [2.75, 3.05) is 13.1 Å². The van der Waals surface area contributed by atoms with Crippen molar-refractivity contribution in [3.8, 4) is 0 Å². The molecule has 0 saturated carbocycles. The first-order valence-corrected chi connectivity index (χ1v) is 7.23. The average molecular weight is 290 g/mol. The summed E-state index contributed by atoms with van der Waals surface area (Å²) >= 11 is 0. The van der Waals surface area contributed by atoms with Gasteiger partial charge >= 0.3 is 12.0 Å². The molecule has 2 amide bonds. The van der Waals surface area contributed by atoms with Crippen LogP contribution < -0.4 is 5.32 Å². The fourth-order valence-electron chi connectivity index (χ4n) is 2.63. The molecule has 1 saturated heterocycles. The van der Waals surface area contributed by atoms with Gasteiger partial charge in [-0.1, -0.05) is 30.3 Å². The highest BCUT2D eigenvalue weighted by atomic mass is 16.4.